The topological polar surface area (TPSA) is 15.3 Å². The minimum Gasteiger partial charge on any atom is -0.311 e. The van der Waals surface area contributed by atoms with Crippen LogP contribution in [0, 0.1) is 0 Å². The number of nitrogens with one attached hydrogen (secondary N) is 1. The molecule has 0 fully saturated rings. The maximum absolute atomic E-state index is 3.47. The molecule has 0 spiro atoms. The van der Waals surface area contributed by atoms with Gasteiger partial charge >= 0.3 is 0 Å². The fraction of sp³-hybridized carbons (Fsp3) is 0.385. The van der Waals surface area contributed by atoms with Gasteiger partial charge in [-0.05, 0) is 29.9 Å². The van der Waals surface area contributed by atoms with Crippen LogP contribution in [0.5, 0.6) is 0 Å². The third-order valence-corrected chi connectivity index (χ3v) is 4.29. The number of thiophene rings is 2. The van der Waals surface area contributed by atoms with Crippen molar-refractivity contribution in [2.75, 3.05) is 20.1 Å². The maximum Gasteiger partial charge on any atom is 0.0325 e. The third kappa shape index (κ3) is 4.60. The zero-order valence-corrected chi connectivity index (χ0v) is 11.7. The highest BCUT2D eigenvalue weighted by atomic mass is 32.1. The van der Waals surface area contributed by atoms with Gasteiger partial charge in [0, 0.05) is 35.9 Å². The largest absolute Gasteiger partial charge is 0.311 e. The number of nitrogens with zero attached hydrogens (tertiary/aromatic N) is 1. The molecule has 0 aliphatic rings. The average Bonchev–Trinajstić information content (AvgIpc) is 2.96. The van der Waals surface area contributed by atoms with E-state index < -0.39 is 0 Å². The Morgan fingerprint density at radius 1 is 1.12 bits per heavy atom. The van der Waals surface area contributed by atoms with Crippen molar-refractivity contribution in [3.63, 3.8) is 0 Å². The Morgan fingerprint density at radius 2 is 1.82 bits per heavy atom. The van der Waals surface area contributed by atoms with Crippen LogP contribution in [0.1, 0.15) is 9.75 Å². The van der Waals surface area contributed by atoms with Crippen LogP contribution in [0.3, 0.4) is 0 Å². The van der Waals surface area contributed by atoms with Crippen molar-refractivity contribution in [3.8, 4) is 0 Å². The van der Waals surface area contributed by atoms with Gasteiger partial charge < -0.3 is 10.2 Å². The lowest BCUT2D eigenvalue weighted by Crippen LogP contribution is -2.28. The van der Waals surface area contributed by atoms with Crippen LogP contribution in [-0.2, 0) is 13.1 Å². The van der Waals surface area contributed by atoms with Gasteiger partial charge in [-0.3, -0.25) is 0 Å². The predicted molar refractivity (Wildman–Crippen MR) is 76.7 cm³/mol. The second-order valence-corrected chi connectivity index (χ2v) is 6.14. The Morgan fingerprint density at radius 3 is 2.47 bits per heavy atom. The second kappa shape index (κ2) is 6.91. The zero-order chi connectivity index (χ0) is 11.9. The summed E-state index contributed by atoms with van der Waals surface area (Å²) < 4.78 is 0. The van der Waals surface area contributed by atoms with Crippen molar-refractivity contribution in [1.82, 2.24) is 10.2 Å². The molecule has 0 radical (unpaired) electrons. The van der Waals surface area contributed by atoms with Gasteiger partial charge in [0.15, 0.2) is 0 Å². The molecule has 0 bridgehead atoms. The van der Waals surface area contributed by atoms with Crippen molar-refractivity contribution in [2.24, 2.45) is 0 Å². The summed E-state index contributed by atoms with van der Waals surface area (Å²) in [4.78, 5) is 5.20. The molecule has 4 heteroatoms. The van der Waals surface area contributed by atoms with Gasteiger partial charge in [0.25, 0.3) is 0 Å². The summed E-state index contributed by atoms with van der Waals surface area (Å²) in [7, 11) is 2.17. The molecule has 0 aliphatic carbocycles. The summed E-state index contributed by atoms with van der Waals surface area (Å²) in [6.45, 7) is 4.17. The predicted octanol–water partition coefficient (Wildman–Crippen LogP) is 3.03. The normalized spacial score (nSPS) is 11.2. The molecule has 17 heavy (non-hydrogen) atoms. The van der Waals surface area contributed by atoms with Gasteiger partial charge in [0.2, 0.25) is 0 Å². The average molecular weight is 266 g/mol. The number of rotatable bonds is 7. The van der Waals surface area contributed by atoms with Crippen LogP contribution in [0.4, 0.5) is 0 Å². The standard InChI is InChI=1S/C13H18N2S2/c1-15(11-13-5-3-9-17-13)7-6-14-10-12-4-2-8-16-12/h2-5,8-9,14H,6-7,10-11H2,1H3. The molecule has 0 atom stereocenters. The van der Waals surface area contributed by atoms with E-state index in [2.05, 4.69) is 52.3 Å². The molecule has 2 aromatic heterocycles. The van der Waals surface area contributed by atoms with Gasteiger partial charge in [-0.15, -0.1) is 22.7 Å². The van der Waals surface area contributed by atoms with Gasteiger partial charge in [-0.2, -0.15) is 0 Å². The van der Waals surface area contributed by atoms with E-state index in [4.69, 9.17) is 0 Å². The Bertz CT molecular complexity index is 395. The van der Waals surface area contributed by atoms with E-state index in [1.54, 1.807) is 0 Å². The van der Waals surface area contributed by atoms with E-state index in [1.165, 1.54) is 9.75 Å². The van der Waals surface area contributed by atoms with Gasteiger partial charge in [0.05, 0.1) is 0 Å². The second-order valence-electron chi connectivity index (χ2n) is 4.07. The lowest BCUT2D eigenvalue weighted by molar-refractivity contribution is 0.327. The first-order valence-electron chi connectivity index (χ1n) is 5.78. The number of hydrogen-bond donors (Lipinski definition) is 1. The number of hydrogen-bond acceptors (Lipinski definition) is 4. The SMILES string of the molecule is CN(CCNCc1cccs1)Cc1cccs1. The van der Waals surface area contributed by atoms with E-state index in [0.717, 1.165) is 26.2 Å². The van der Waals surface area contributed by atoms with Gasteiger partial charge in [0.1, 0.15) is 0 Å². The molecule has 0 aromatic carbocycles. The van der Waals surface area contributed by atoms with E-state index >= 15 is 0 Å². The van der Waals surface area contributed by atoms with Gasteiger partial charge in [-0.25, -0.2) is 0 Å². The molecule has 0 saturated carbocycles. The van der Waals surface area contributed by atoms with Crippen LogP contribution in [0.2, 0.25) is 0 Å². The summed E-state index contributed by atoms with van der Waals surface area (Å²) >= 11 is 3.64. The molecule has 2 aromatic rings. The Kier molecular flexibility index (Phi) is 5.19. The highest BCUT2D eigenvalue weighted by Gasteiger charge is 2.00. The van der Waals surface area contributed by atoms with Gasteiger partial charge in [-0.1, -0.05) is 12.1 Å². The molecule has 2 heterocycles. The lowest BCUT2D eigenvalue weighted by atomic mass is 10.4. The van der Waals surface area contributed by atoms with Crippen LogP contribution in [0.25, 0.3) is 0 Å². The summed E-state index contributed by atoms with van der Waals surface area (Å²) in [5.74, 6) is 0. The first-order valence-corrected chi connectivity index (χ1v) is 7.54. The van der Waals surface area contributed by atoms with Crippen LogP contribution in [-0.4, -0.2) is 25.0 Å². The summed E-state index contributed by atoms with van der Waals surface area (Å²) in [6, 6.07) is 8.58. The molecule has 0 amide bonds. The molecule has 0 aliphatic heterocycles. The van der Waals surface area contributed by atoms with Crippen molar-refractivity contribution in [3.05, 3.63) is 44.8 Å². The summed E-state index contributed by atoms with van der Waals surface area (Å²) in [5, 5.41) is 7.73. The molecule has 0 unspecified atom stereocenters. The van der Waals surface area contributed by atoms with Crippen molar-refractivity contribution in [2.45, 2.75) is 13.1 Å². The van der Waals surface area contributed by atoms with Crippen LogP contribution in [0.15, 0.2) is 35.0 Å². The third-order valence-electron chi connectivity index (χ3n) is 2.56. The Balaban J connectivity index is 1.58. The van der Waals surface area contributed by atoms with E-state index in [9.17, 15) is 0 Å². The fourth-order valence-corrected chi connectivity index (χ4v) is 3.10. The highest BCUT2D eigenvalue weighted by Crippen LogP contribution is 2.10. The molecular formula is C13H18N2S2. The number of likely N-dealkylation sites (N-methyl/N-ethyl adjacent to an activating group) is 1. The lowest BCUT2D eigenvalue weighted by Gasteiger charge is -2.15. The summed E-state index contributed by atoms with van der Waals surface area (Å²) in [5.41, 5.74) is 0. The Labute approximate surface area is 111 Å². The fourth-order valence-electron chi connectivity index (χ4n) is 1.64. The molecule has 1 N–H and O–H groups in total. The smallest absolute Gasteiger partial charge is 0.0325 e. The zero-order valence-electron chi connectivity index (χ0n) is 10.1. The summed E-state index contributed by atoms with van der Waals surface area (Å²) in [6.07, 6.45) is 0. The quantitative estimate of drug-likeness (QED) is 0.775. The van der Waals surface area contributed by atoms with E-state index in [-0.39, 0.29) is 0 Å². The van der Waals surface area contributed by atoms with E-state index in [1.807, 2.05) is 22.7 Å². The van der Waals surface area contributed by atoms with Crippen LogP contribution < -0.4 is 5.32 Å². The molecule has 2 nitrogen and oxygen atoms in total. The Hall–Kier alpha value is -0.680. The first kappa shape index (κ1) is 12.8. The molecule has 92 valence electrons. The van der Waals surface area contributed by atoms with Crippen molar-refractivity contribution >= 4 is 22.7 Å². The minimum absolute atomic E-state index is 0.991. The highest BCUT2D eigenvalue weighted by molar-refractivity contribution is 7.10. The molecular weight excluding hydrogens is 248 g/mol. The van der Waals surface area contributed by atoms with Crippen molar-refractivity contribution < 1.29 is 0 Å². The monoisotopic (exact) mass is 266 g/mol. The minimum atomic E-state index is 0.991. The maximum atomic E-state index is 3.47. The van der Waals surface area contributed by atoms with Crippen molar-refractivity contribution in [1.29, 1.82) is 0 Å². The van der Waals surface area contributed by atoms with Crippen LogP contribution >= 0.6 is 22.7 Å². The van der Waals surface area contributed by atoms with E-state index in [0.29, 0.717) is 0 Å². The molecule has 2 rings (SSSR count). The molecule has 0 saturated heterocycles. The first-order chi connectivity index (χ1) is 8.34.